The van der Waals surface area contributed by atoms with Crippen LogP contribution >= 0.6 is 24.0 Å². The monoisotopic (exact) mass is 492 g/mol. The fraction of sp³-hybridized carbons (Fsp3) is 0.250. The van der Waals surface area contributed by atoms with E-state index in [0.29, 0.717) is 13.1 Å². The second kappa shape index (κ2) is 11.3. The molecule has 0 atom stereocenters. The molecule has 2 aromatic heterocycles. The zero-order chi connectivity index (χ0) is 18.9. The minimum Gasteiger partial charge on any atom is -0.497 e. The SMILES string of the molecule is CCNC(=NCc1ccnc(-n2cccn2)c1)NCc1ccc(OC)cc1.I. The molecule has 0 radical (unpaired) electrons. The van der Waals surface area contributed by atoms with Gasteiger partial charge in [0, 0.05) is 31.7 Å². The van der Waals surface area contributed by atoms with Crippen LogP contribution in [0.4, 0.5) is 0 Å². The topological polar surface area (TPSA) is 76.4 Å². The van der Waals surface area contributed by atoms with Crippen LogP contribution in [0.25, 0.3) is 5.82 Å². The van der Waals surface area contributed by atoms with Crippen LogP contribution in [0.5, 0.6) is 5.75 Å². The number of hydrogen-bond donors (Lipinski definition) is 2. The highest BCUT2D eigenvalue weighted by Gasteiger charge is 2.02. The van der Waals surface area contributed by atoms with Crippen molar-refractivity contribution in [1.29, 1.82) is 0 Å². The van der Waals surface area contributed by atoms with Crippen molar-refractivity contribution in [2.75, 3.05) is 13.7 Å². The molecule has 0 fully saturated rings. The van der Waals surface area contributed by atoms with Gasteiger partial charge in [0.25, 0.3) is 0 Å². The average Bonchev–Trinajstić information content (AvgIpc) is 3.26. The van der Waals surface area contributed by atoms with E-state index in [1.165, 1.54) is 0 Å². The molecule has 0 aliphatic heterocycles. The Labute approximate surface area is 182 Å². The van der Waals surface area contributed by atoms with E-state index in [2.05, 4.69) is 25.7 Å². The van der Waals surface area contributed by atoms with E-state index >= 15 is 0 Å². The lowest BCUT2D eigenvalue weighted by molar-refractivity contribution is 0.414. The van der Waals surface area contributed by atoms with Crippen LogP contribution in [-0.4, -0.2) is 34.4 Å². The third-order valence-corrected chi connectivity index (χ3v) is 3.93. The first-order valence-corrected chi connectivity index (χ1v) is 8.88. The van der Waals surface area contributed by atoms with Gasteiger partial charge in [0.05, 0.1) is 13.7 Å². The smallest absolute Gasteiger partial charge is 0.191 e. The molecule has 0 saturated carbocycles. The van der Waals surface area contributed by atoms with Gasteiger partial charge >= 0.3 is 0 Å². The minimum absolute atomic E-state index is 0. The van der Waals surface area contributed by atoms with E-state index in [1.807, 2.05) is 55.6 Å². The Kier molecular flexibility index (Phi) is 8.73. The zero-order valence-electron chi connectivity index (χ0n) is 16.0. The van der Waals surface area contributed by atoms with Crippen LogP contribution in [-0.2, 0) is 13.1 Å². The summed E-state index contributed by atoms with van der Waals surface area (Å²) in [6.07, 6.45) is 5.38. The van der Waals surface area contributed by atoms with Gasteiger partial charge in [0.1, 0.15) is 5.75 Å². The van der Waals surface area contributed by atoms with Crippen LogP contribution < -0.4 is 15.4 Å². The van der Waals surface area contributed by atoms with Crippen molar-refractivity contribution < 1.29 is 4.74 Å². The zero-order valence-corrected chi connectivity index (χ0v) is 18.3. The number of methoxy groups -OCH3 is 1. The van der Waals surface area contributed by atoms with Gasteiger partial charge in [-0.3, -0.25) is 0 Å². The molecule has 0 aliphatic rings. The first-order valence-electron chi connectivity index (χ1n) is 8.88. The van der Waals surface area contributed by atoms with E-state index in [4.69, 9.17) is 4.74 Å². The summed E-state index contributed by atoms with van der Waals surface area (Å²) in [5.74, 6) is 2.40. The molecule has 2 N–H and O–H groups in total. The third-order valence-electron chi connectivity index (χ3n) is 3.93. The number of halogens is 1. The van der Waals surface area contributed by atoms with Gasteiger partial charge in [-0.05, 0) is 48.4 Å². The molecule has 1 aromatic carbocycles. The lowest BCUT2D eigenvalue weighted by atomic mass is 10.2. The number of ether oxygens (including phenoxy) is 1. The highest BCUT2D eigenvalue weighted by molar-refractivity contribution is 14.0. The van der Waals surface area contributed by atoms with Gasteiger partial charge in [0.2, 0.25) is 0 Å². The van der Waals surface area contributed by atoms with E-state index in [9.17, 15) is 0 Å². The van der Waals surface area contributed by atoms with E-state index < -0.39 is 0 Å². The molecule has 8 heteroatoms. The normalized spacial score (nSPS) is 10.9. The van der Waals surface area contributed by atoms with Crippen molar-refractivity contribution >= 4 is 29.9 Å². The van der Waals surface area contributed by atoms with Gasteiger partial charge < -0.3 is 15.4 Å². The summed E-state index contributed by atoms with van der Waals surface area (Å²) in [5.41, 5.74) is 2.23. The van der Waals surface area contributed by atoms with Crippen LogP contribution in [0.3, 0.4) is 0 Å². The summed E-state index contributed by atoms with van der Waals surface area (Å²) in [7, 11) is 1.67. The van der Waals surface area contributed by atoms with Crippen molar-refractivity contribution in [2.45, 2.75) is 20.0 Å². The first-order chi connectivity index (χ1) is 13.3. The molecule has 3 aromatic rings. The van der Waals surface area contributed by atoms with Gasteiger partial charge in [-0.1, -0.05) is 12.1 Å². The van der Waals surface area contributed by atoms with Gasteiger partial charge in [-0.25, -0.2) is 14.7 Å². The highest BCUT2D eigenvalue weighted by atomic mass is 127. The highest BCUT2D eigenvalue weighted by Crippen LogP contribution is 2.11. The molecule has 0 saturated heterocycles. The number of pyridine rings is 1. The second-order valence-corrected chi connectivity index (χ2v) is 5.87. The van der Waals surface area contributed by atoms with Gasteiger partial charge in [-0.2, -0.15) is 5.10 Å². The maximum absolute atomic E-state index is 5.19. The van der Waals surface area contributed by atoms with Crippen LogP contribution in [0.2, 0.25) is 0 Å². The lowest BCUT2D eigenvalue weighted by Gasteiger charge is -2.12. The molecule has 7 nitrogen and oxygen atoms in total. The van der Waals surface area contributed by atoms with Crippen molar-refractivity contribution in [1.82, 2.24) is 25.4 Å². The summed E-state index contributed by atoms with van der Waals surface area (Å²) in [6, 6.07) is 13.8. The molecule has 28 heavy (non-hydrogen) atoms. The van der Waals surface area contributed by atoms with Gasteiger partial charge in [-0.15, -0.1) is 24.0 Å². The Morgan fingerprint density at radius 3 is 2.61 bits per heavy atom. The Morgan fingerprint density at radius 2 is 1.93 bits per heavy atom. The second-order valence-electron chi connectivity index (χ2n) is 5.87. The minimum atomic E-state index is 0. The lowest BCUT2D eigenvalue weighted by Crippen LogP contribution is -2.36. The predicted molar refractivity (Wildman–Crippen MR) is 121 cm³/mol. The van der Waals surface area contributed by atoms with Crippen molar-refractivity contribution in [3.05, 3.63) is 72.2 Å². The molecular weight excluding hydrogens is 467 g/mol. The van der Waals surface area contributed by atoms with E-state index in [0.717, 1.165) is 35.2 Å². The number of aliphatic imine (C=N–C) groups is 1. The summed E-state index contributed by atoms with van der Waals surface area (Å²) >= 11 is 0. The molecule has 0 unspecified atom stereocenters. The molecule has 0 spiro atoms. The first kappa shape index (κ1) is 21.7. The summed E-state index contributed by atoms with van der Waals surface area (Å²) in [5, 5.41) is 10.8. The summed E-state index contributed by atoms with van der Waals surface area (Å²) in [6.45, 7) is 4.08. The van der Waals surface area contributed by atoms with Gasteiger partial charge in [0.15, 0.2) is 11.8 Å². The van der Waals surface area contributed by atoms with Crippen molar-refractivity contribution in [2.24, 2.45) is 4.99 Å². The average molecular weight is 492 g/mol. The van der Waals surface area contributed by atoms with Crippen LogP contribution in [0, 0.1) is 0 Å². The fourth-order valence-corrected chi connectivity index (χ4v) is 2.53. The third kappa shape index (κ3) is 6.22. The van der Waals surface area contributed by atoms with Crippen LogP contribution in [0.15, 0.2) is 66.0 Å². The standard InChI is InChI=1S/C20H24N6O.HI/c1-3-21-20(23-14-16-5-7-18(27-2)8-6-16)24-15-17-9-11-22-19(13-17)26-12-4-10-25-26;/h4-13H,3,14-15H2,1-2H3,(H2,21,23,24);1H. The molecule has 0 amide bonds. The summed E-state index contributed by atoms with van der Waals surface area (Å²) < 4.78 is 6.93. The largest absolute Gasteiger partial charge is 0.497 e. The Balaban J connectivity index is 0.00000280. The number of nitrogens with one attached hydrogen (secondary N) is 2. The van der Waals surface area contributed by atoms with Crippen molar-refractivity contribution in [3.8, 4) is 11.6 Å². The predicted octanol–water partition coefficient (Wildman–Crippen LogP) is 3.15. The Hall–Kier alpha value is -2.62. The van der Waals surface area contributed by atoms with Crippen LogP contribution in [0.1, 0.15) is 18.1 Å². The Bertz CT molecular complexity index is 865. The number of rotatable bonds is 7. The number of benzene rings is 1. The van der Waals surface area contributed by atoms with E-state index in [-0.39, 0.29) is 24.0 Å². The van der Waals surface area contributed by atoms with Crippen molar-refractivity contribution in [3.63, 3.8) is 0 Å². The fourth-order valence-electron chi connectivity index (χ4n) is 2.53. The molecule has 148 valence electrons. The Morgan fingerprint density at radius 1 is 1.11 bits per heavy atom. The molecule has 0 bridgehead atoms. The number of guanidine groups is 1. The number of aromatic nitrogens is 3. The quantitative estimate of drug-likeness (QED) is 0.301. The summed E-state index contributed by atoms with van der Waals surface area (Å²) in [4.78, 5) is 9.01. The number of nitrogens with zero attached hydrogens (tertiary/aromatic N) is 4. The van der Waals surface area contributed by atoms with E-state index in [1.54, 1.807) is 24.2 Å². The maximum atomic E-state index is 5.19. The molecule has 3 rings (SSSR count). The molecule has 2 heterocycles. The molecule has 0 aliphatic carbocycles. The molecular formula is C20H25IN6O. The maximum Gasteiger partial charge on any atom is 0.191 e. The number of hydrogen-bond acceptors (Lipinski definition) is 4.